The molecule has 0 atom stereocenters. The Morgan fingerprint density at radius 1 is 0.906 bits per heavy atom. The summed E-state index contributed by atoms with van der Waals surface area (Å²) in [6.07, 6.45) is 4.85. The molecule has 1 fully saturated rings. The summed E-state index contributed by atoms with van der Waals surface area (Å²) in [5, 5.41) is 8.89. The van der Waals surface area contributed by atoms with Crippen LogP contribution in [-0.2, 0) is 6.54 Å². The molecule has 4 aromatic rings. The topological polar surface area (TPSA) is 58.4 Å². The van der Waals surface area contributed by atoms with Gasteiger partial charge in [0.15, 0.2) is 11.5 Å². The van der Waals surface area contributed by atoms with Crippen molar-refractivity contribution in [2.75, 3.05) is 23.3 Å². The summed E-state index contributed by atoms with van der Waals surface area (Å²) in [6.45, 7) is 2.65. The van der Waals surface area contributed by atoms with E-state index in [1.807, 2.05) is 42.5 Å². The maximum Gasteiger partial charge on any atom is 0.196 e. The zero-order valence-corrected chi connectivity index (χ0v) is 17.9. The minimum Gasteiger partial charge on any atom is -0.380 e. The van der Waals surface area contributed by atoms with E-state index in [-0.39, 0.29) is 5.78 Å². The highest BCUT2D eigenvalue weighted by Crippen LogP contribution is 2.46. The second kappa shape index (κ2) is 7.83. The van der Waals surface area contributed by atoms with Crippen molar-refractivity contribution in [3.05, 3.63) is 77.4 Å². The molecule has 3 aromatic carbocycles. The van der Waals surface area contributed by atoms with Crippen LogP contribution >= 0.6 is 0 Å². The Bertz CT molecular complexity index is 1300. The number of aromatic nitrogens is 1. The van der Waals surface area contributed by atoms with E-state index < -0.39 is 0 Å². The number of nitrogens with one attached hydrogen (secondary N) is 1. The fraction of sp³-hybridized carbons (Fsp3) is 0.259. The lowest BCUT2D eigenvalue weighted by Crippen LogP contribution is -2.25. The molecule has 1 saturated heterocycles. The van der Waals surface area contributed by atoms with E-state index in [0.29, 0.717) is 23.4 Å². The van der Waals surface area contributed by atoms with E-state index >= 15 is 0 Å². The summed E-state index contributed by atoms with van der Waals surface area (Å²) in [5.74, 6) is 0.726. The zero-order chi connectivity index (χ0) is 21.5. The molecule has 2 aliphatic rings. The van der Waals surface area contributed by atoms with Gasteiger partial charge in [-0.25, -0.2) is 0 Å². The van der Waals surface area contributed by atoms with Gasteiger partial charge in [0.25, 0.3) is 0 Å². The monoisotopic (exact) mass is 423 g/mol. The standard InChI is InChI=1S/C27H25N3O2/c31-26-19-12-6-7-13-20(19)27-24-23(26)21(28-17-18-10-4-3-5-11-18)16-22(25(24)29-32-27)30-14-8-1-2-9-15-30/h3-7,10-13,16,28H,1-2,8-9,14-15,17H2. The molecule has 1 aliphatic carbocycles. The van der Waals surface area contributed by atoms with Crippen molar-refractivity contribution in [3.63, 3.8) is 0 Å². The van der Waals surface area contributed by atoms with Gasteiger partial charge in [0.2, 0.25) is 0 Å². The molecule has 6 rings (SSSR count). The summed E-state index contributed by atoms with van der Waals surface area (Å²) in [5.41, 5.74) is 6.05. The first-order chi connectivity index (χ1) is 15.8. The van der Waals surface area contributed by atoms with Crippen molar-refractivity contribution in [3.8, 4) is 11.3 Å². The van der Waals surface area contributed by atoms with Gasteiger partial charge in [0.05, 0.1) is 16.6 Å². The first-order valence-corrected chi connectivity index (χ1v) is 11.4. The molecule has 5 nitrogen and oxygen atoms in total. The molecule has 0 bridgehead atoms. The van der Waals surface area contributed by atoms with Gasteiger partial charge in [-0.3, -0.25) is 4.79 Å². The lowest BCUT2D eigenvalue weighted by atomic mass is 9.86. The second-order valence-corrected chi connectivity index (χ2v) is 8.67. The van der Waals surface area contributed by atoms with Gasteiger partial charge in [-0.05, 0) is 24.5 Å². The molecule has 0 unspecified atom stereocenters. The fourth-order valence-electron chi connectivity index (χ4n) is 5.03. The minimum absolute atomic E-state index is 0.0271. The van der Waals surface area contributed by atoms with E-state index in [0.717, 1.165) is 40.9 Å². The first kappa shape index (κ1) is 19.1. The van der Waals surface area contributed by atoms with Crippen LogP contribution in [0.15, 0.2) is 65.2 Å². The first-order valence-electron chi connectivity index (χ1n) is 11.4. The van der Waals surface area contributed by atoms with Gasteiger partial charge in [0.1, 0.15) is 5.52 Å². The van der Waals surface area contributed by atoms with E-state index in [4.69, 9.17) is 4.52 Å². The summed E-state index contributed by atoms with van der Waals surface area (Å²) >= 11 is 0. The molecule has 1 aliphatic heterocycles. The van der Waals surface area contributed by atoms with Gasteiger partial charge in [0, 0.05) is 36.4 Å². The molecule has 1 N–H and O–H groups in total. The van der Waals surface area contributed by atoms with E-state index in [2.05, 4.69) is 33.6 Å². The van der Waals surface area contributed by atoms with Gasteiger partial charge < -0.3 is 14.7 Å². The van der Waals surface area contributed by atoms with Crippen LogP contribution in [0, 0.1) is 0 Å². The Kier molecular flexibility index (Phi) is 4.67. The maximum absolute atomic E-state index is 13.6. The van der Waals surface area contributed by atoms with Crippen molar-refractivity contribution in [2.45, 2.75) is 32.2 Å². The van der Waals surface area contributed by atoms with Crippen LogP contribution in [-0.4, -0.2) is 24.0 Å². The number of hydrogen-bond donors (Lipinski definition) is 1. The summed E-state index contributed by atoms with van der Waals surface area (Å²) in [4.78, 5) is 16.1. The second-order valence-electron chi connectivity index (χ2n) is 8.67. The van der Waals surface area contributed by atoms with Crippen molar-refractivity contribution in [1.29, 1.82) is 0 Å². The third-order valence-electron chi connectivity index (χ3n) is 6.65. The predicted molar refractivity (Wildman–Crippen MR) is 127 cm³/mol. The highest BCUT2D eigenvalue weighted by molar-refractivity contribution is 6.28. The molecule has 0 saturated carbocycles. The fourth-order valence-corrected chi connectivity index (χ4v) is 5.03. The molecular formula is C27H25N3O2. The molecule has 0 spiro atoms. The summed E-state index contributed by atoms with van der Waals surface area (Å²) in [6, 6.07) is 20.0. The smallest absolute Gasteiger partial charge is 0.196 e. The largest absolute Gasteiger partial charge is 0.380 e. The summed E-state index contributed by atoms with van der Waals surface area (Å²) < 4.78 is 5.89. The highest BCUT2D eigenvalue weighted by atomic mass is 16.5. The Morgan fingerprint density at radius 2 is 1.62 bits per heavy atom. The van der Waals surface area contributed by atoms with Crippen LogP contribution in [0.5, 0.6) is 0 Å². The number of nitrogens with zero attached hydrogens (tertiary/aromatic N) is 2. The SMILES string of the molecule is O=C1c2ccccc2-c2onc3c(N4CCCCCC4)cc(NCc4ccccc4)c1c23. The minimum atomic E-state index is 0.0271. The third-order valence-corrected chi connectivity index (χ3v) is 6.65. The predicted octanol–water partition coefficient (Wildman–Crippen LogP) is 6.03. The number of anilines is 2. The molecule has 2 heterocycles. The molecule has 160 valence electrons. The number of carbonyl (C=O) groups excluding carboxylic acids is 1. The van der Waals surface area contributed by atoms with Crippen molar-refractivity contribution in [2.24, 2.45) is 0 Å². The lowest BCUT2D eigenvalue weighted by Gasteiger charge is -2.26. The van der Waals surface area contributed by atoms with Crippen LogP contribution in [0.2, 0.25) is 0 Å². The van der Waals surface area contributed by atoms with Crippen LogP contribution in [0.1, 0.15) is 47.2 Å². The molecular weight excluding hydrogens is 398 g/mol. The van der Waals surface area contributed by atoms with Gasteiger partial charge in [-0.15, -0.1) is 0 Å². The van der Waals surface area contributed by atoms with Crippen molar-refractivity contribution in [1.82, 2.24) is 5.16 Å². The Morgan fingerprint density at radius 3 is 2.41 bits per heavy atom. The molecule has 0 amide bonds. The normalized spacial score (nSPS) is 15.5. The van der Waals surface area contributed by atoms with Crippen LogP contribution in [0.25, 0.3) is 22.2 Å². The van der Waals surface area contributed by atoms with Crippen molar-refractivity contribution >= 4 is 28.1 Å². The average Bonchev–Trinajstić information content (AvgIpc) is 3.09. The summed E-state index contributed by atoms with van der Waals surface area (Å²) in [7, 11) is 0. The number of hydrogen-bond acceptors (Lipinski definition) is 5. The Labute approximate surface area is 187 Å². The number of benzene rings is 3. The third kappa shape index (κ3) is 3.08. The van der Waals surface area contributed by atoms with Crippen LogP contribution in [0.4, 0.5) is 11.4 Å². The number of ketones is 1. The van der Waals surface area contributed by atoms with E-state index in [1.54, 1.807) is 0 Å². The highest BCUT2D eigenvalue weighted by Gasteiger charge is 2.33. The molecule has 5 heteroatoms. The van der Waals surface area contributed by atoms with E-state index in [9.17, 15) is 4.79 Å². The zero-order valence-electron chi connectivity index (χ0n) is 17.9. The molecule has 0 radical (unpaired) electrons. The quantitative estimate of drug-likeness (QED) is 0.382. The van der Waals surface area contributed by atoms with E-state index in [1.165, 1.54) is 31.2 Å². The number of rotatable bonds is 4. The maximum atomic E-state index is 13.6. The van der Waals surface area contributed by atoms with Crippen LogP contribution in [0.3, 0.4) is 0 Å². The lowest BCUT2D eigenvalue weighted by molar-refractivity contribution is 0.104. The molecule has 32 heavy (non-hydrogen) atoms. The number of fused-ring (bicyclic) bond motifs is 2. The van der Waals surface area contributed by atoms with Gasteiger partial charge >= 0.3 is 0 Å². The average molecular weight is 424 g/mol. The van der Waals surface area contributed by atoms with Gasteiger partial charge in [-0.2, -0.15) is 0 Å². The van der Waals surface area contributed by atoms with Crippen LogP contribution < -0.4 is 10.2 Å². The molecule has 1 aromatic heterocycles. The van der Waals surface area contributed by atoms with Crippen molar-refractivity contribution < 1.29 is 9.32 Å². The van der Waals surface area contributed by atoms with Gasteiger partial charge in [-0.1, -0.05) is 72.6 Å². The number of carbonyl (C=O) groups is 1. The Balaban J connectivity index is 1.54. The Hall–Kier alpha value is -3.60.